The summed E-state index contributed by atoms with van der Waals surface area (Å²) in [6, 6.07) is 5.35. The molecule has 0 aliphatic heterocycles. The van der Waals surface area contributed by atoms with Crippen LogP contribution in [0.4, 0.5) is 0 Å². The van der Waals surface area contributed by atoms with E-state index in [1.165, 1.54) is 0 Å². The van der Waals surface area contributed by atoms with Gasteiger partial charge in [-0.15, -0.1) is 0 Å². The maximum absolute atomic E-state index is 12.1. The Morgan fingerprint density at radius 2 is 1.85 bits per heavy atom. The molecule has 1 N–H and O–H groups in total. The first-order valence-electron chi connectivity index (χ1n) is 7.14. The van der Waals surface area contributed by atoms with E-state index in [0.717, 1.165) is 24.8 Å². The molecule has 0 atom stereocenters. The second-order valence-electron chi connectivity index (χ2n) is 6.25. The van der Waals surface area contributed by atoms with Crippen molar-refractivity contribution in [1.29, 1.82) is 0 Å². The van der Waals surface area contributed by atoms with Crippen molar-refractivity contribution in [3.8, 4) is 0 Å². The van der Waals surface area contributed by atoms with E-state index in [9.17, 15) is 14.7 Å². The Hall–Kier alpha value is -1.64. The monoisotopic (exact) mass is 276 g/mol. The van der Waals surface area contributed by atoms with Gasteiger partial charge in [0.25, 0.3) is 0 Å². The van der Waals surface area contributed by atoms with Crippen molar-refractivity contribution in [2.45, 2.75) is 53.4 Å². The average Bonchev–Trinajstić information content (AvgIpc) is 2.35. The van der Waals surface area contributed by atoms with Crippen molar-refractivity contribution >= 4 is 11.8 Å². The largest absolute Gasteiger partial charge is 0.478 e. The first-order chi connectivity index (χ1) is 9.25. The SMILES string of the molecule is CCCCc1ccc(C(=O)O)c(CC(=O)C(C)(C)C)c1. The number of rotatable bonds is 6. The summed E-state index contributed by atoms with van der Waals surface area (Å²) in [7, 11) is 0. The van der Waals surface area contributed by atoms with Gasteiger partial charge in [-0.2, -0.15) is 0 Å². The van der Waals surface area contributed by atoms with E-state index in [2.05, 4.69) is 6.92 Å². The predicted octanol–water partition coefficient (Wildman–Crippen LogP) is 3.89. The molecule has 0 aliphatic carbocycles. The van der Waals surface area contributed by atoms with E-state index in [-0.39, 0.29) is 17.8 Å². The zero-order valence-electron chi connectivity index (χ0n) is 12.8. The van der Waals surface area contributed by atoms with Crippen molar-refractivity contribution in [2.75, 3.05) is 0 Å². The summed E-state index contributed by atoms with van der Waals surface area (Å²) in [5.41, 5.74) is 1.53. The van der Waals surface area contributed by atoms with E-state index in [1.54, 1.807) is 6.07 Å². The molecule has 0 fully saturated rings. The maximum atomic E-state index is 12.1. The molecule has 0 radical (unpaired) electrons. The van der Waals surface area contributed by atoms with Crippen molar-refractivity contribution in [2.24, 2.45) is 5.41 Å². The van der Waals surface area contributed by atoms with Gasteiger partial charge in [-0.3, -0.25) is 4.79 Å². The number of benzene rings is 1. The van der Waals surface area contributed by atoms with Gasteiger partial charge in [0.15, 0.2) is 0 Å². The normalized spacial score (nSPS) is 11.4. The van der Waals surface area contributed by atoms with Crippen LogP contribution in [0.3, 0.4) is 0 Å². The molecular weight excluding hydrogens is 252 g/mol. The van der Waals surface area contributed by atoms with Gasteiger partial charge in [0, 0.05) is 11.8 Å². The molecule has 0 saturated carbocycles. The number of aromatic carboxylic acids is 1. The number of carboxylic acids is 1. The van der Waals surface area contributed by atoms with E-state index >= 15 is 0 Å². The quantitative estimate of drug-likeness (QED) is 0.857. The van der Waals surface area contributed by atoms with Crippen LogP contribution in [0.2, 0.25) is 0 Å². The van der Waals surface area contributed by atoms with E-state index in [1.807, 2.05) is 32.9 Å². The summed E-state index contributed by atoms with van der Waals surface area (Å²) in [5, 5.41) is 9.24. The minimum absolute atomic E-state index is 0.0626. The molecule has 1 rings (SSSR count). The second-order valence-corrected chi connectivity index (χ2v) is 6.25. The standard InChI is InChI=1S/C17H24O3/c1-5-6-7-12-8-9-14(16(19)20)13(10-12)11-15(18)17(2,3)4/h8-10H,5-7,11H2,1-4H3,(H,19,20). The van der Waals surface area contributed by atoms with Crippen LogP contribution in [0.5, 0.6) is 0 Å². The first kappa shape index (κ1) is 16.4. The number of aryl methyl sites for hydroxylation is 1. The van der Waals surface area contributed by atoms with Crippen molar-refractivity contribution in [1.82, 2.24) is 0 Å². The molecule has 0 heterocycles. The number of ketones is 1. The van der Waals surface area contributed by atoms with Gasteiger partial charge in [0.1, 0.15) is 5.78 Å². The molecule has 0 aliphatic rings. The highest BCUT2D eigenvalue weighted by molar-refractivity contribution is 5.93. The number of Topliss-reactive ketones (excluding diaryl/α,β-unsaturated/α-hetero) is 1. The molecule has 0 amide bonds. The Labute approximate surface area is 121 Å². The lowest BCUT2D eigenvalue weighted by atomic mass is 9.85. The van der Waals surface area contributed by atoms with Gasteiger partial charge >= 0.3 is 5.97 Å². The van der Waals surface area contributed by atoms with Crippen LogP contribution in [0.25, 0.3) is 0 Å². The van der Waals surface area contributed by atoms with Gasteiger partial charge in [-0.25, -0.2) is 4.79 Å². The highest BCUT2D eigenvalue weighted by Crippen LogP contribution is 2.21. The Morgan fingerprint density at radius 1 is 1.20 bits per heavy atom. The highest BCUT2D eigenvalue weighted by Gasteiger charge is 2.23. The summed E-state index contributed by atoms with van der Waals surface area (Å²) in [6.07, 6.45) is 3.27. The lowest BCUT2D eigenvalue weighted by Crippen LogP contribution is -2.23. The van der Waals surface area contributed by atoms with Gasteiger partial charge in [-0.05, 0) is 30.0 Å². The van der Waals surface area contributed by atoms with Gasteiger partial charge in [0.05, 0.1) is 5.56 Å². The van der Waals surface area contributed by atoms with Crippen molar-refractivity contribution in [3.05, 3.63) is 34.9 Å². The van der Waals surface area contributed by atoms with Crippen LogP contribution >= 0.6 is 0 Å². The van der Waals surface area contributed by atoms with Crippen molar-refractivity contribution < 1.29 is 14.7 Å². The topological polar surface area (TPSA) is 54.4 Å². The number of hydrogen-bond donors (Lipinski definition) is 1. The zero-order chi connectivity index (χ0) is 15.3. The Kier molecular flexibility index (Phi) is 5.49. The summed E-state index contributed by atoms with van der Waals surface area (Å²) in [6.45, 7) is 7.69. The Morgan fingerprint density at radius 3 is 2.35 bits per heavy atom. The van der Waals surface area contributed by atoms with Crippen LogP contribution in [0.15, 0.2) is 18.2 Å². The maximum Gasteiger partial charge on any atom is 0.335 e. The first-order valence-corrected chi connectivity index (χ1v) is 7.14. The average molecular weight is 276 g/mol. The minimum atomic E-state index is -0.969. The molecule has 110 valence electrons. The number of carbonyl (C=O) groups excluding carboxylic acids is 1. The third kappa shape index (κ3) is 4.48. The van der Waals surface area contributed by atoms with Gasteiger partial charge in [0.2, 0.25) is 0 Å². The van der Waals surface area contributed by atoms with E-state index < -0.39 is 11.4 Å². The molecule has 3 heteroatoms. The molecule has 1 aromatic rings. The van der Waals surface area contributed by atoms with E-state index in [0.29, 0.717) is 5.56 Å². The molecule has 0 saturated heterocycles. The molecule has 20 heavy (non-hydrogen) atoms. The Bertz CT molecular complexity index is 495. The van der Waals surface area contributed by atoms with Crippen LogP contribution in [-0.2, 0) is 17.6 Å². The predicted molar refractivity (Wildman–Crippen MR) is 80.2 cm³/mol. The highest BCUT2D eigenvalue weighted by atomic mass is 16.4. The fraction of sp³-hybridized carbons (Fsp3) is 0.529. The Balaban J connectivity index is 3.06. The molecule has 3 nitrogen and oxygen atoms in total. The molecular formula is C17H24O3. The molecule has 0 unspecified atom stereocenters. The fourth-order valence-electron chi connectivity index (χ4n) is 1.98. The van der Waals surface area contributed by atoms with Gasteiger partial charge < -0.3 is 5.11 Å². The van der Waals surface area contributed by atoms with Crippen LogP contribution < -0.4 is 0 Å². The molecule has 1 aromatic carbocycles. The number of hydrogen-bond acceptors (Lipinski definition) is 2. The van der Waals surface area contributed by atoms with Crippen LogP contribution in [-0.4, -0.2) is 16.9 Å². The lowest BCUT2D eigenvalue weighted by molar-refractivity contribution is -0.125. The zero-order valence-corrected chi connectivity index (χ0v) is 12.8. The fourth-order valence-corrected chi connectivity index (χ4v) is 1.98. The third-order valence-electron chi connectivity index (χ3n) is 3.41. The molecule has 0 spiro atoms. The van der Waals surface area contributed by atoms with Crippen LogP contribution in [0, 0.1) is 5.41 Å². The van der Waals surface area contributed by atoms with Gasteiger partial charge in [-0.1, -0.05) is 46.2 Å². The summed E-state index contributed by atoms with van der Waals surface area (Å²) in [5.74, 6) is -0.906. The lowest BCUT2D eigenvalue weighted by Gasteiger charge is -2.17. The number of carboxylic acid groups (broad SMARTS) is 1. The summed E-state index contributed by atoms with van der Waals surface area (Å²) in [4.78, 5) is 23.4. The van der Waals surface area contributed by atoms with Crippen molar-refractivity contribution in [3.63, 3.8) is 0 Å². The third-order valence-corrected chi connectivity index (χ3v) is 3.41. The molecule has 0 bridgehead atoms. The number of unbranched alkanes of at least 4 members (excludes halogenated alkanes) is 1. The van der Waals surface area contributed by atoms with E-state index in [4.69, 9.17) is 0 Å². The second kappa shape index (κ2) is 6.69. The smallest absolute Gasteiger partial charge is 0.335 e. The van der Waals surface area contributed by atoms with Crippen LogP contribution in [0.1, 0.15) is 62.0 Å². The molecule has 0 aromatic heterocycles. The summed E-state index contributed by atoms with van der Waals surface area (Å²) < 4.78 is 0. The minimum Gasteiger partial charge on any atom is -0.478 e. The summed E-state index contributed by atoms with van der Waals surface area (Å²) >= 11 is 0. The number of carbonyl (C=O) groups is 2.